The van der Waals surface area contributed by atoms with Gasteiger partial charge < -0.3 is 5.11 Å². The number of aromatic nitrogens is 1. The van der Waals surface area contributed by atoms with Crippen LogP contribution in [0.25, 0.3) is 21.7 Å². The van der Waals surface area contributed by atoms with Crippen molar-refractivity contribution >= 4 is 21.7 Å². The molecule has 0 radical (unpaired) electrons. The van der Waals surface area contributed by atoms with E-state index in [0.29, 0.717) is 5.75 Å². The van der Waals surface area contributed by atoms with E-state index in [1.807, 2.05) is 67.6 Å². The number of rotatable bonds is 0. The highest BCUT2D eigenvalue weighted by molar-refractivity contribution is 5.87. The first-order valence-electron chi connectivity index (χ1n) is 7.23. The molecule has 108 valence electrons. The highest BCUT2D eigenvalue weighted by atomic mass is 16.3. The maximum Gasteiger partial charge on any atom is 0.123 e. The number of pyridine rings is 1. The molecular formula is C20H17NO. The summed E-state index contributed by atoms with van der Waals surface area (Å²) in [6.45, 7) is 2.01. The van der Waals surface area contributed by atoms with Crippen molar-refractivity contribution in [3.05, 3.63) is 84.6 Å². The normalized spacial score (nSPS) is 10.2. The molecule has 2 nitrogen and oxygen atoms in total. The largest absolute Gasteiger partial charge is 0.507 e. The lowest BCUT2D eigenvalue weighted by Crippen LogP contribution is -1.80. The Morgan fingerprint density at radius 1 is 0.682 bits per heavy atom. The number of hydrogen-bond acceptors (Lipinski definition) is 2. The molecule has 22 heavy (non-hydrogen) atoms. The second-order valence-electron chi connectivity index (χ2n) is 5.14. The van der Waals surface area contributed by atoms with Crippen molar-refractivity contribution in [2.75, 3.05) is 0 Å². The van der Waals surface area contributed by atoms with Crippen LogP contribution in [0.1, 0.15) is 5.69 Å². The second kappa shape index (κ2) is 6.27. The molecule has 0 saturated carbocycles. The summed E-state index contributed by atoms with van der Waals surface area (Å²) < 4.78 is 0. The predicted octanol–water partition coefficient (Wildman–Crippen LogP) is 5.09. The number of phenols is 1. The first-order valence-corrected chi connectivity index (χ1v) is 7.23. The van der Waals surface area contributed by atoms with Crippen molar-refractivity contribution in [1.82, 2.24) is 4.98 Å². The lowest BCUT2D eigenvalue weighted by atomic mass is 10.1. The molecule has 4 aromatic rings. The maximum atomic E-state index is 9.37. The first kappa shape index (κ1) is 14.1. The lowest BCUT2D eigenvalue weighted by molar-refractivity contribution is 0.481. The van der Waals surface area contributed by atoms with Gasteiger partial charge in [0.05, 0.1) is 5.52 Å². The van der Waals surface area contributed by atoms with E-state index in [4.69, 9.17) is 0 Å². The zero-order valence-corrected chi connectivity index (χ0v) is 12.4. The summed E-state index contributed by atoms with van der Waals surface area (Å²) in [5, 5.41) is 12.6. The van der Waals surface area contributed by atoms with Gasteiger partial charge in [-0.1, -0.05) is 60.7 Å². The average molecular weight is 287 g/mol. The van der Waals surface area contributed by atoms with Gasteiger partial charge in [0.25, 0.3) is 0 Å². The molecule has 3 aromatic carbocycles. The molecule has 0 bridgehead atoms. The SMILES string of the molecule is Cc1ccc2ccccc2n1.Oc1cccc2ccccc12. The summed E-state index contributed by atoms with van der Waals surface area (Å²) in [7, 11) is 0. The van der Waals surface area contributed by atoms with Gasteiger partial charge in [0.15, 0.2) is 0 Å². The van der Waals surface area contributed by atoms with Crippen LogP contribution < -0.4 is 0 Å². The Balaban J connectivity index is 0.000000131. The quantitative estimate of drug-likeness (QED) is 0.488. The Kier molecular flexibility index (Phi) is 4.01. The van der Waals surface area contributed by atoms with Gasteiger partial charge in [-0.2, -0.15) is 0 Å². The van der Waals surface area contributed by atoms with Gasteiger partial charge in [0.2, 0.25) is 0 Å². The number of phenolic OH excluding ortho intramolecular Hbond substituents is 1. The van der Waals surface area contributed by atoms with Gasteiger partial charge in [-0.3, -0.25) is 4.98 Å². The van der Waals surface area contributed by atoms with Crippen molar-refractivity contribution < 1.29 is 5.11 Å². The predicted molar refractivity (Wildman–Crippen MR) is 92.1 cm³/mol. The van der Waals surface area contributed by atoms with Crippen LogP contribution in [0.5, 0.6) is 5.75 Å². The molecule has 4 rings (SSSR count). The number of para-hydroxylation sites is 1. The molecular weight excluding hydrogens is 270 g/mol. The molecule has 2 heteroatoms. The third-order valence-corrected chi connectivity index (χ3v) is 3.50. The van der Waals surface area contributed by atoms with Crippen molar-refractivity contribution in [2.24, 2.45) is 0 Å². The number of aryl methyl sites for hydroxylation is 1. The summed E-state index contributed by atoms with van der Waals surface area (Å²) in [4.78, 5) is 4.38. The van der Waals surface area contributed by atoms with Crippen LogP contribution in [0.2, 0.25) is 0 Å². The van der Waals surface area contributed by atoms with Gasteiger partial charge in [-0.15, -0.1) is 0 Å². The van der Waals surface area contributed by atoms with Crippen molar-refractivity contribution in [1.29, 1.82) is 0 Å². The number of aromatic hydroxyl groups is 1. The van der Waals surface area contributed by atoms with Gasteiger partial charge in [-0.25, -0.2) is 0 Å². The van der Waals surface area contributed by atoms with Gasteiger partial charge in [0.1, 0.15) is 5.75 Å². The molecule has 0 fully saturated rings. The first-order chi connectivity index (χ1) is 10.7. The molecule has 0 unspecified atom stereocenters. The fourth-order valence-corrected chi connectivity index (χ4v) is 2.38. The molecule has 0 aliphatic rings. The van der Waals surface area contributed by atoms with E-state index in [1.54, 1.807) is 6.07 Å². The molecule has 0 saturated heterocycles. The summed E-state index contributed by atoms with van der Waals surface area (Å²) >= 11 is 0. The number of hydrogen-bond donors (Lipinski definition) is 1. The van der Waals surface area contributed by atoms with Crippen LogP contribution in [0.4, 0.5) is 0 Å². The van der Waals surface area contributed by atoms with Gasteiger partial charge in [0, 0.05) is 16.5 Å². The minimum atomic E-state index is 0.350. The summed E-state index contributed by atoms with van der Waals surface area (Å²) in [5.41, 5.74) is 2.15. The fourth-order valence-electron chi connectivity index (χ4n) is 2.38. The second-order valence-corrected chi connectivity index (χ2v) is 5.14. The molecule has 1 aromatic heterocycles. The Morgan fingerprint density at radius 3 is 2.18 bits per heavy atom. The Hall–Kier alpha value is -2.87. The van der Waals surface area contributed by atoms with Crippen LogP contribution in [0.15, 0.2) is 78.9 Å². The third kappa shape index (κ3) is 3.07. The summed E-state index contributed by atoms with van der Waals surface area (Å²) in [6.07, 6.45) is 0. The fraction of sp³-hybridized carbons (Fsp3) is 0.0500. The van der Waals surface area contributed by atoms with E-state index in [-0.39, 0.29) is 0 Å². The molecule has 0 spiro atoms. The topological polar surface area (TPSA) is 33.1 Å². The monoisotopic (exact) mass is 287 g/mol. The van der Waals surface area contributed by atoms with E-state index < -0.39 is 0 Å². The van der Waals surface area contributed by atoms with Crippen LogP contribution in [0, 0.1) is 6.92 Å². The van der Waals surface area contributed by atoms with Crippen molar-refractivity contribution in [3.63, 3.8) is 0 Å². The number of nitrogens with zero attached hydrogens (tertiary/aromatic N) is 1. The average Bonchev–Trinajstić information content (AvgIpc) is 2.56. The molecule has 0 atom stereocenters. The Labute approximate surface area is 129 Å². The highest BCUT2D eigenvalue weighted by Crippen LogP contribution is 2.22. The van der Waals surface area contributed by atoms with Gasteiger partial charge in [-0.05, 0) is 30.5 Å². The van der Waals surface area contributed by atoms with E-state index in [9.17, 15) is 5.11 Å². The molecule has 0 amide bonds. The highest BCUT2D eigenvalue weighted by Gasteiger charge is 1.94. The number of benzene rings is 3. The molecule has 0 aliphatic heterocycles. The summed E-state index contributed by atoms with van der Waals surface area (Å²) in [5.74, 6) is 0.350. The maximum absolute atomic E-state index is 9.37. The van der Waals surface area contributed by atoms with E-state index in [1.165, 1.54) is 5.39 Å². The van der Waals surface area contributed by atoms with E-state index >= 15 is 0 Å². The van der Waals surface area contributed by atoms with Crippen molar-refractivity contribution in [2.45, 2.75) is 6.92 Å². The molecule has 1 heterocycles. The number of fused-ring (bicyclic) bond motifs is 2. The smallest absolute Gasteiger partial charge is 0.123 e. The van der Waals surface area contributed by atoms with Gasteiger partial charge >= 0.3 is 0 Å². The lowest BCUT2D eigenvalue weighted by Gasteiger charge is -1.97. The standard InChI is InChI=1S/C10H9N.C10H8O/c1-8-6-7-9-4-2-3-5-10(9)11-8;11-10-7-3-5-8-4-1-2-6-9(8)10/h2-7H,1H3;1-7,11H. The minimum Gasteiger partial charge on any atom is -0.507 e. The molecule has 0 aliphatic carbocycles. The summed E-state index contributed by atoms with van der Waals surface area (Å²) in [6, 6.07) is 25.6. The third-order valence-electron chi connectivity index (χ3n) is 3.50. The minimum absolute atomic E-state index is 0.350. The zero-order chi connectivity index (χ0) is 15.4. The Morgan fingerprint density at radius 2 is 1.36 bits per heavy atom. The van der Waals surface area contributed by atoms with E-state index in [2.05, 4.69) is 17.1 Å². The van der Waals surface area contributed by atoms with Crippen LogP contribution in [-0.4, -0.2) is 10.1 Å². The Bertz CT molecular complexity index is 904. The van der Waals surface area contributed by atoms with E-state index in [0.717, 1.165) is 22.0 Å². The molecule has 1 N–H and O–H groups in total. The van der Waals surface area contributed by atoms with Crippen LogP contribution in [-0.2, 0) is 0 Å². The van der Waals surface area contributed by atoms with Crippen LogP contribution in [0.3, 0.4) is 0 Å². The zero-order valence-electron chi connectivity index (χ0n) is 12.4. The van der Waals surface area contributed by atoms with Crippen LogP contribution >= 0.6 is 0 Å². The van der Waals surface area contributed by atoms with Crippen molar-refractivity contribution in [3.8, 4) is 5.75 Å².